The normalized spacial score (nSPS) is 9.47. The Balaban J connectivity index is 2.53. The first-order valence-electron chi connectivity index (χ1n) is 4.95. The van der Waals surface area contributed by atoms with Crippen LogP contribution in [-0.2, 0) is 4.74 Å². The molecule has 1 rings (SSSR count). The molecule has 1 heterocycles. The smallest absolute Gasteiger partial charge is 0.357 e. The van der Waals surface area contributed by atoms with E-state index in [-0.39, 0.29) is 5.69 Å². The maximum atomic E-state index is 11.3. The third-order valence-electron chi connectivity index (χ3n) is 1.62. The Bertz CT molecular complexity index is 417. The Morgan fingerprint density at radius 1 is 1.65 bits per heavy atom. The molecule has 2 N–H and O–H groups in total. The SMILES string of the molecule is C=CCNC(=O)Nc1nc(C(=O)OCC)cs1. The first kappa shape index (κ1) is 13.2. The third kappa shape index (κ3) is 4.23. The highest BCUT2D eigenvalue weighted by Gasteiger charge is 2.12. The second kappa shape index (κ2) is 6.64. The number of nitrogens with one attached hydrogen (secondary N) is 2. The lowest BCUT2D eigenvalue weighted by molar-refractivity contribution is 0.0520. The van der Waals surface area contributed by atoms with Gasteiger partial charge in [0.2, 0.25) is 0 Å². The van der Waals surface area contributed by atoms with Crippen molar-refractivity contribution in [3.63, 3.8) is 0 Å². The molecule has 0 unspecified atom stereocenters. The predicted octanol–water partition coefficient (Wildman–Crippen LogP) is 1.63. The van der Waals surface area contributed by atoms with Crippen LogP contribution in [0.2, 0.25) is 0 Å². The quantitative estimate of drug-likeness (QED) is 0.619. The molecule has 0 fully saturated rings. The van der Waals surface area contributed by atoms with E-state index in [0.29, 0.717) is 18.3 Å². The average molecular weight is 255 g/mol. The second-order valence-corrected chi connectivity index (χ2v) is 3.74. The largest absolute Gasteiger partial charge is 0.461 e. The molecule has 92 valence electrons. The first-order valence-corrected chi connectivity index (χ1v) is 5.83. The monoisotopic (exact) mass is 255 g/mol. The van der Waals surface area contributed by atoms with E-state index >= 15 is 0 Å². The Labute approximate surface area is 103 Å². The summed E-state index contributed by atoms with van der Waals surface area (Å²) in [6.45, 7) is 5.84. The number of ether oxygens (including phenoxy) is 1. The number of esters is 1. The summed E-state index contributed by atoms with van der Waals surface area (Å²) in [6, 6.07) is -0.394. The van der Waals surface area contributed by atoms with Gasteiger partial charge in [-0.3, -0.25) is 5.32 Å². The summed E-state index contributed by atoms with van der Waals surface area (Å²) >= 11 is 1.16. The summed E-state index contributed by atoms with van der Waals surface area (Å²) in [5, 5.41) is 6.89. The number of nitrogens with zero attached hydrogens (tertiary/aromatic N) is 1. The average Bonchev–Trinajstić information content (AvgIpc) is 2.75. The van der Waals surface area contributed by atoms with E-state index in [1.54, 1.807) is 13.0 Å². The van der Waals surface area contributed by atoms with Crippen molar-refractivity contribution in [3.05, 3.63) is 23.7 Å². The van der Waals surface area contributed by atoms with Gasteiger partial charge >= 0.3 is 12.0 Å². The van der Waals surface area contributed by atoms with E-state index in [4.69, 9.17) is 4.74 Å². The lowest BCUT2D eigenvalue weighted by Crippen LogP contribution is -2.28. The molecule has 2 amide bonds. The van der Waals surface area contributed by atoms with E-state index in [2.05, 4.69) is 22.2 Å². The van der Waals surface area contributed by atoms with Crippen LogP contribution in [0.15, 0.2) is 18.0 Å². The lowest BCUT2D eigenvalue weighted by atomic mass is 10.5. The van der Waals surface area contributed by atoms with Crippen molar-refractivity contribution in [2.75, 3.05) is 18.5 Å². The van der Waals surface area contributed by atoms with Gasteiger partial charge in [0.25, 0.3) is 0 Å². The van der Waals surface area contributed by atoms with Crippen LogP contribution in [-0.4, -0.2) is 30.1 Å². The Hall–Kier alpha value is -1.89. The van der Waals surface area contributed by atoms with Gasteiger partial charge in [0, 0.05) is 11.9 Å². The van der Waals surface area contributed by atoms with Gasteiger partial charge in [0.05, 0.1) is 6.61 Å². The van der Waals surface area contributed by atoms with Gasteiger partial charge in [-0.1, -0.05) is 6.08 Å². The van der Waals surface area contributed by atoms with Crippen molar-refractivity contribution >= 4 is 28.5 Å². The van der Waals surface area contributed by atoms with Crippen LogP contribution in [0.5, 0.6) is 0 Å². The number of thiazole rings is 1. The fourth-order valence-electron chi connectivity index (χ4n) is 0.936. The molecule has 7 heteroatoms. The van der Waals surface area contributed by atoms with Crippen LogP contribution in [0.4, 0.5) is 9.93 Å². The molecule has 1 aromatic rings. The molecule has 0 aliphatic rings. The molecular weight excluding hydrogens is 242 g/mol. The van der Waals surface area contributed by atoms with Crippen molar-refractivity contribution in [2.45, 2.75) is 6.92 Å². The maximum Gasteiger partial charge on any atom is 0.357 e. The zero-order chi connectivity index (χ0) is 12.7. The highest BCUT2D eigenvalue weighted by Crippen LogP contribution is 2.15. The van der Waals surface area contributed by atoms with Gasteiger partial charge in [-0.25, -0.2) is 14.6 Å². The maximum absolute atomic E-state index is 11.3. The number of rotatable bonds is 5. The van der Waals surface area contributed by atoms with Gasteiger partial charge in [0.15, 0.2) is 10.8 Å². The fourth-order valence-corrected chi connectivity index (χ4v) is 1.61. The van der Waals surface area contributed by atoms with Crippen molar-refractivity contribution in [2.24, 2.45) is 0 Å². The minimum absolute atomic E-state index is 0.191. The molecule has 17 heavy (non-hydrogen) atoms. The van der Waals surface area contributed by atoms with Crippen molar-refractivity contribution in [1.29, 1.82) is 0 Å². The summed E-state index contributed by atoms with van der Waals surface area (Å²) in [5.41, 5.74) is 0.191. The fraction of sp³-hybridized carbons (Fsp3) is 0.300. The molecule has 0 bridgehead atoms. The number of anilines is 1. The van der Waals surface area contributed by atoms with E-state index in [9.17, 15) is 9.59 Å². The number of aromatic nitrogens is 1. The summed E-state index contributed by atoms with van der Waals surface area (Å²) in [7, 11) is 0. The Morgan fingerprint density at radius 3 is 3.06 bits per heavy atom. The second-order valence-electron chi connectivity index (χ2n) is 2.88. The number of carbonyl (C=O) groups is 2. The van der Waals surface area contributed by atoms with Gasteiger partial charge in [-0.15, -0.1) is 17.9 Å². The summed E-state index contributed by atoms with van der Waals surface area (Å²) in [4.78, 5) is 26.5. The molecule has 6 nitrogen and oxygen atoms in total. The minimum Gasteiger partial charge on any atom is -0.461 e. The van der Waals surface area contributed by atoms with E-state index in [0.717, 1.165) is 11.3 Å². The zero-order valence-electron chi connectivity index (χ0n) is 9.36. The molecule has 0 saturated heterocycles. The van der Waals surface area contributed by atoms with E-state index in [1.807, 2.05) is 0 Å². The van der Waals surface area contributed by atoms with Gasteiger partial charge in [-0.05, 0) is 6.92 Å². The minimum atomic E-state index is -0.497. The summed E-state index contributed by atoms with van der Waals surface area (Å²) in [5.74, 6) is -0.497. The van der Waals surface area contributed by atoms with Crippen molar-refractivity contribution < 1.29 is 14.3 Å². The summed E-state index contributed by atoms with van der Waals surface area (Å²) < 4.78 is 4.77. The van der Waals surface area contributed by atoms with Gasteiger partial charge in [-0.2, -0.15) is 0 Å². The number of carbonyl (C=O) groups excluding carboxylic acids is 2. The van der Waals surface area contributed by atoms with Crippen LogP contribution in [0.1, 0.15) is 17.4 Å². The Kier molecular flexibility index (Phi) is 5.15. The van der Waals surface area contributed by atoms with Gasteiger partial charge < -0.3 is 10.1 Å². The van der Waals surface area contributed by atoms with Gasteiger partial charge in [0.1, 0.15) is 0 Å². The lowest BCUT2D eigenvalue weighted by Gasteiger charge is -2.01. The number of amides is 2. The molecule has 0 saturated carbocycles. The third-order valence-corrected chi connectivity index (χ3v) is 2.37. The molecule has 0 aliphatic heterocycles. The Morgan fingerprint density at radius 2 is 2.41 bits per heavy atom. The molecule has 0 radical (unpaired) electrons. The van der Waals surface area contributed by atoms with E-state index in [1.165, 1.54) is 5.38 Å². The van der Waals surface area contributed by atoms with Crippen molar-refractivity contribution in [3.8, 4) is 0 Å². The topological polar surface area (TPSA) is 80.3 Å². The molecule has 0 atom stereocenters. The van der Waals surface area contributed by atoms with Crippen LogP contribution in [0.3, 0.4) is 0 Å². The summed E-state index contributed by atoms with van der Waals surface area (Å²) in [6.07, 6.45) is 1.56. The standard InChI is InChI=1S/C10H13N3O3S/c1-3-5-11-9(15)13-10-12-7(6-17-10)8(14)16-4-2/h3,6H,1,4-5H2,2H3,(H2,11,12,13,15). The predicted molar refractivity (Wildman–Crippen MR) is 65.3 cm³/mol. The van der Waals surface area contributed by atoms with Crippen LogP contribution in [0, 0.1) is 0 Å². The number of hydrogen-bond donors (Lipinski definition) is 2. The molecule has 0 spiro atoms. The van der Waals surface area contributed by atoms with Crippen molar-refractivity contribution in [1.82, 2.24) is 10.3 Å². The first-order chi connectivity index (χ1) is 8.17. The van der Waals surface area contributed by atoms with Crippen LogP contribution < -0.4 is 10.6 Å². The van der Waals surface area contributed by atoms with Crippen LogP contribution in [0.25, 0.3) is 0 Å². The molecule has 0 aromatic carbocycles. The number of urea groups is 1. The highest BCUT2D eigenvalue weighted by atomic mass is 32.1. The van der Waals surface area contributed by atoms with E-state index < -0.39 is 12.0 Å². The molecule has 1 aromatic heterocycles. The number of hydrogen-bond acceptors (Lipinski definition) is 5. The molecular formula is C10H13N3O3S. The highest BCUT2D eigenvalue weighted by molar-refractivity contribution is 7.14. The van der Waals surface area contributed by atoms with Crippen LogP contribution >= 0.6 is 11.3 Å². The zero-order valence-corrected chi connectivity index (χ0v) is 10.2. The molecule has 0 aliphatic carbocycles.